The Morgan fingerprint density at radius 1 is 1.18 bits per heavy atom. The van der Waals surface area contributed by atoms with Gasteiger partial charge in [-0.3, -0.25) is 13.9 Å². The standard InChI is InChI=1S/C30H35N3O6S/c1-18-24-27(34)33(19-15-30(2,3)16-19)29(35)32(28(24)40-25(18)26-31-11-14-38-26)17-23(39-20-9-12-37-13-10-20)21-7-5-6-8-22(21)36-4/h5-8,11,14,19-20,23H,9-10,12-13,15-17H2,1-4H3/t23-/m0/s1. The first-order valence-electron chi connectivity index (χ1n) is 13.8. The molecule has 1 saturated carbocycles. The highest BCUT2D eigenvalue weighted by atomic mass is 32.1. The molecule has 4 heterocycles. The molecule has 0 radical (unpaired) electrons. The van der Waals surface area contributed by atoms with Gasteiger partial charge in [-0.2, -0.15) is 0 Å². The summed E-state index contributed by atoms with van der Waals surface area (Å²) in [5.74, 6) is 1.13. The summed E-state index contributed by atoms with van der Waals surface area (Å²) in [5.41, 5.74) is 1.17. The number of aromatic nitrogens is 3. The summed E-state index contributed by atoms with van der Waals surface area (Å²) in [6.45, 7) is 7.75. The lowest BCUT2D eigenvalue weighted by Gasteiger charge is -2.43. The summed E-state index contributed by atoms with van der Waals surface area (Å²) in [4.78, 5) is 33.9. The maximum atomic E-state index is 14.3. The Labute approximate surface area is 236 Å². The minimum Gasteiger partial charge on any atom is -0.496 e. The van der Waals surface area contributed by atoms with Gasteiger partial charge in [-0.05, 0) is 49.7 Å². The molecule has 2 aliphatic rings. The van der Waals surface area contributed by atoms with Gasteiger partial charge in [0.1, 0.15) is 22.9 Å². The van der Waals surface area contributed by atoms with Crippen molar-refractivity contribution >= 4 is 21.6 Å². The molecule has 9 nitrogen and oxygen atoms in total. The number of methoxy groups -OCH3 is 1. The van der Waals surface area contributed by atoms with Gasteiger partial charge < -0.3 is 18.6 Å². The van der Waals surface area contributed by atoms with Crippen molar-refractivity contribution in [1.82, 2.24) is 14.1 Å². The fraction of sp³-hybridized carbons (Fsp3) is 0.500. The molecule has 212 valence electrons. The van der Waals surface area contributed by atoms with Crippen LogP contribution in [0.2, 0.25) is 0 Å². The van der Waals surface area contributed by atoms with Crippen molar-refractivity contribution < 1.29 is 18.6 Å². The highest BCUT2D eigenvalue weighted by Crippen LogP contribution is 2.47. The van der Waals surface area contributed by atoms with Crippen LogP contribution < -0.4 is 16.0 Å². The third-order valence-electron chi connectivity index (χ3n) is 8.17. The summed E-state index contributed by atoms with van der Waals surface area (Å²) >= 11 is 1.36. The van der Waals surface area contributed by atoms with Crippen molar-refractivity contribution in [2.24, 2.45) is 5.41 Å². The normalized spacial score (nSPS) is 18.6. The van der Waals surface area contributed by atoms with E-state index in [9.17, 15) is 9.59 Å². The van der Waals surface area contributed by atoms with Gasteiger partial charge in [0, 0.05) is 24.8 Å². The summed E-state index contributed by atoms with van der Waals surface area (Å²) in [5, 5.41) is 0.535. The second kappa shape index (κ2) is 10.6. The lowest BCUT2D eigenvalue weighted by Crippen LogP contribution is -2.48. The molecule has 1 atom stereocenters. The van der Waals surface area contributed by atoms with Crippen LogP contribution in [0.15, 0.2) is 50.7 Å². The monoisotopic (exact) mass is 565 g/mol. The van der Waals surface area contributed by atoms with E-state index in [0.29, 0.717) is 35.1 Å². The third kappa shape index (κ3) is 4.82. The maximum absolute atomic E-state index is 14.3. The Hall–Kier alpha value is -3.21. The van der Waals surface area contributed by atoms with E-state index in [1.54, 1.807) is 17.9 Å². The number of fused-ring (bicyclic) bond motifs is 1. The quantitative estimate of drug-likeness (QED) is 0.278. The maximum Gasteiger partial charge on any atom is 0.332 e. The Bertz CT molecular complexity index is 1620. The second-order valence-electron chi connectivity index (χ2n) is 11.5. The Balaban J connectivity index is 1.53. The number of hydrogen-bond donors (Lipinski definition) is 0. The predicted octanol–water partition coefficient (Wildman–Crippen LogP) is 5.49. The number of para-hydroxylation sites is 1. The summed E-state index contributed by atoms with van der Waals surface area (Å²) in [7, 11) is 1.64. The highest BCUT2D eigenvalue weighted by molar-refractivity contribution is 7.22. The minimum atomic E-state index is -0.475. The van der Waals surface area contributed by atoms with E-state index >= 15 is 0 Å². The Morgan fingerprint density at radius 3 is 2.60 bits per heavy atom. The van der Waals surface area contributed by atoms with Crippen molar-refractivity contribution in [3.05, 3.63) is 68.7 Å². The summed E-state index contributed by atoms with van der Waals surface area (Å²) < 4.78 is 26.8. The fourth-order valence-corrected chi connectivity index (χ4v) is 7.38. The average molecular weight is 566 g/mol. The largest absolute Gasteiger partial charge is 0.496 e. The van der Waals surface area contributed by atoms with E-state index in [0.717, 1.165) is 41.7 Å². The summed E-state index contributed by atoms with van der Waals surface area (Å²) in [6, 6.07) is 7.61. The number of hydrogen-bond acceptors (Lipinski definition) is 8. The molecule has 1 aliphatic carbocycles. The molecule has 1 aliphatic heterocycles. The van der Waals surface area contributed by atoms with Crippen LogP contribution in [0.4, 0.5) is 0 Å². The van der Waals surface area contributed by atoms with Gasteiger partial charge in [0.25, 0.3) is 5.56 Å². The van der Waals surface area contributed by atoms with E-state index in [-0.39, 0.29) is 35.4 Å². The number of oxazole rings is 1. The average Bonchev–Trinajstić information content (AvgIpc) is 3.58. The first-order valence-corrected chi connectivity index (χ1v) is 14.6. The number of nitrogens with zero attached hydrogens (tertiary/aromatic N) is 3. The van der Waals surface area contributed by atoms with Crippen molar-refractivity contribution in [1.29, 1.82) is 0 Å². The molecule has 0 N–H and O–H groups in total. The molecule has 10 heteroatoms. The van der Waals surface area contributed by atoms with Crippen LogP contribution in [0.5, 0.6) is 5.75 Å². The van der Waals surface area contributed by atoms with E-state index < -0.39 is 6.10 Å². The zero-order valence-electron chi connectivity index (χ0n) is 23.3. The smallest absolute Gasteiger partial charge is 0.332 e. The van der Waals surface area contributed by atoms with E-state index in [2.05, 4.69) is 18.8 Å². The first kappa shape index (κ1) is 27.0. The van der Waals surface area contributed by atoms with Crippen LogP contribution in [0.25, 0.3) is 21.0 Å². The van der Waals surface area contributed by atoms with Crippen molar-refractivity contribution in [2.75, 3.05) is 20.3 Å². The van der Waals surface area contributed by atoms with Gasteiger partial charge in [-0.1, -0.05) is 32.0 Å². The van der Waals surface area contributed by atoms with Crippen LogP contribution in [-0.4, -0.2) is 40.5 Å². The Kier molecular flexibility index (Phi) is 7.18. The van der Waals surface area contributed by atoms with E-state index in [1.807, 2.05) is 31.2 Å². The zero-order chi connectivity index (χ0) is 28.0. The van der Waals surface area contributed by atoms with Gasteiger partial charge in [-0.25, -0.2) is 9.78 Å². The lowest BCUT2D eigenvalue weighted by molar-refractivity contribution is -0.0754. The van der Waals surface area contributed by atoms with Crippen molar-refractivity contribution in [2.45, 2.75) is 71.2 Å². The molecule has 4 aromatic rings. The van der Waals surface area contributed by atoms with Gasteiger partial charge in [0.05, 0.1) is 36.2 Å². The molecule has 0 unspecified atom stereocenters. The van der Waals surface area contributed by atoms with E-state index in [1.165, 1.54) is 22.2 Å². The van der Waals surface area contributed by atoms with Crippen LogP contribution in [0.1, 0.15) is 62.8 Å². The molecule has 6 rings (SSSR count). The number of benzene rings is 1. The topological polar surface area (TPSA) is 97.7 Å². The molecule has 1 saturated heterocycles. The van der Waals surface area contributed by atoms with Crippen LogP contribution in [-0.2, 0) is 16.0 Å². The second-order valence-corrected chi connectivity index (χ2v) is 12.5. The lowest BCUT2D eigenvalue weighted by atomic mass is 9.68. The van der Waals surface area contributed by atoms with Gasteiger partial charge in [0.15, 0.2) is 0 Å². The fourth-order valence-electron chi connectivity index (χ4n) is 6.14. The van der Waals surface area contributed by atoms with Crippen LogP contribution >= 0.6 is 11.3 Å². The number of rotatable bonds is 8. The molecule has 0 amide bonds. The number of aryl methyl sites for hydroxylation is 1. The minimum absolute atomic E-state index is 0.0128. The van der Waals surface area contributed by atoms with Gasteiger partial charge >= 0.3 is 5.69 Å². The Morgan fingerprint density at radius 2 is 1.93 bits per heavy atom. The number of ether oxygens (including phenoxy) is 3. The predicted molar refractivity (Wildman–Crippen MR) is 153 cm³/mol. The molecular weight excluding hydrogens is 530 g/mol. The van der Waals surface area contributed by atoms with Crippen LogP contribution in [0, 0.1) is 12.3 Å². The van der Waals surface area contributed by atoms with Crippen LogP contribution in [0.3, 0.4) is 0 Å². The van der Waals surface area contributed by atoms with Gasteiger partial charge in [0.2, 0.25) is 5.89 Å². The molecule has 1 aromatic carbocycles. The first-order chi connectivity index (χ1) is 19.3. The number of thiophene rings is 1. The van der Waals surface area contributed by atoms with Crippen molar-refractivity contribution in [3.63, 3.8) is 0 Å². The molecular formula is C30H35N3O6S. The SMILES string of the molecule is COc1ccccc1[C@H](Cn1c(=O)n(C2CC(C)(C)C2)c(=O)c2c(C)c(-c3ncco3)sc21)OC1CCOCC1. The summed E-state index contributed by atoms with van der Waals surface area (Å²) in [6.07, 6.45) is 5.71. The van der Waals surface area contributed by atoms with Crippen molar-refractivity contribution in [3.8, 4) is 16.5 Å². The molecule has 40 heavy (non-hydrogen) atoms. The van der Waals surface area contributed by atoms with Gasteiger partial charge in [-0.15, -0.1) is 11.3 Å². The van der Waals surface area contributed by atoms with E-state index in [4.69, 9.17) is 18.6 Å². The molecule has 3 aromatic heterocycles. The molecule has 0 bridgehead atoms. The molecule has 2 fully saturated rings. The highest BCUT2D eigenvalue weighted by Gasteiger charge is 2.40. The zero-order valence-corrected chi connectivity index (χ0v) is 24.2. The third-order valence-corrected chi connectivity index (χ3v) is 9.47. The molecule has 0 spiro atoms.